The van der Waals surface area contributed by atoms with E-state index in [1.807, 2.05) is 37.3 Å². The summed E-state index contributed by atoms with van der Waals surface area (Å²) in [6, 6.07) is 12.5. The molecule has 0 bridgehead atoms. The summed E-state index contributed by atoms with van der Waals surface area (Å²) < 4.78 is 13.1. The van der Waals surface area contributed by atoms with Gasteiger partial charge in [0.2, 0.25) is 11.1 Å². The maximum Gasteiger partial charge on any atom is 0.338 e. The molecular formula is C27H28Cl2N4O3S. The Bertz CT molecular complexity index is 1310. The number of thioether (sulfide) groups is 1. The summed E-state index contributed by atoms with van der Waals surface area (Å²) in [5.74, 6) is 1.75. The molecule has 1 aliphatic rings. The van der Waals surface area contributed by atoms with Crippen molar-refractivity contribution in [1.29, 1.82) is 0 Å². The predicted molar refractivity (Wildman–Crippen MR) is 149 cm³/mol. The highest BCUT2D eigenvalue weighted by atomic mass is 35.5. The van der Waals surface area contributed by atoms with Crippen LogP contribution in [0.5, 0.6) is 5.75 Å². The van der Waals surface area contributed by atoms with Crippen LogP contribution < -0.4 is 10.1 Å². The number of carbonyl (C=O) groups is 1. The summed E-state index contributed by atoms with van der Waals surface area (Å²) in [7, 11) is 0. The van der Waals surface area contributed by atoms with Crippen molar-refractivity contribution in [2.75, 3.05) is 17.7 Å². The van der Waals surface area contributed by atoms with Gasteiger partial charge in [-0.1, -0.05) is 79.2 Å². The lowest BCUT2D eigenvalue weighted by atomic mass is 9.96. The number of anilines is 1. The van der Waals surface area contributed by atoms with E-state index in [1.54, 1.807) is 34.7 Å². The lowest BCUT2D eigenvalue weighted by Crippen LogP contribution is -2.29. The number of nitrogens with zero attached hydrogens (tertiary/aromatic N) is 3. The fourth-order valence-corrected chi connectivity index (χ4v) is 5.06. The van der Waals surface area contributed by atoms with Gasteiger partial charge in [-0.05, 0) is 48.7 Å². The lowest BCUT2D eigenvalue weighted by Gasteiger charge is -2.28. The summed E-state index contributed by atoms with van der Waals surface area (Å²) in [4.78, 5) is 17.7. The molecule has 1 aliphatic heterocycles. The van der Waals surface area contributed by atoms with Crippen molar-refractivity contribution < 1.29 is 14.3 Å². The van der Waals surface area contributed by atoms with Gasteiger partial charge < -0.3 is 14.8 Å². The molecule has 0 spiro atoms. The third-order valence-electron chi connectivity index (χ3n) is 5.70. The molecule has 1 N–H and O–H groups in total. The molecule has 7 nitrogen and oxygen atoms in total. The molecule has 3 aromatic rings. The van der Waals surface area contributed by atoms with Crippen LogP contribution in [-0.2, 0) is 16.1 Å². The zero-order valence-electron chi connectivity index (χ0n) is 20.7. The van der Waals surface area contributed by atoms with Crippen molar-refractivity contribution in [3.8, 4) is 5.75 Å². The van der Waals surface area contributed by atoms with Crippen molar-refractivity contribution in [3.63, 3.8) is 0 Å². The number of halogens is 2. The van der Waals surface area contributed by atoms with Gasteiger partial charge >= 0.3 is 5.97 Å². The summed E-state index contributed by atoms with van der Waals surface area (Å²) >= 11 is 13.7. The standard InChI is InChI=1S/C27H28Cl2N4O3S/c1-4-6-14-37-27-31-26-30-17(3)23(25(34)35-13-5-2)24(33(26)32-27)19-8-10-20(11-9-19)36-16-18-7-12-21(28)22(29)15-18/h5,7-12,15,24H,2,4,6,13-14,16H2,1,3H3,(H,30,31,32). The number of carbonyl (C=O) groups excluding carboxylic acids is 1. The number of hydrogen-bond donors (Lipinski definition) is 1. The van der Waals surface area contributed by atoms with E-state index in [0.717, 1.165) is 29.7 Å². The van der Waals surface area contributed by atoms with Crippen molar-refractivity contribution in [3.05, 3.63) is 87.6 Å². The molecular weight excluding hydrogens is 531 g/mol. The maximum absolute atomic E-state index is 13.1. The highest BCUT2D eigenvalue weighted by molar-refractivity contribution is 7.99. The summed E-state index contributed by atoms with van der Waals surface area (Å²) in [6.45, 7) is 8.09. The number of allylic oxidation sites excluding steroid dienone is 1. The first-order valence-corrected chi connectivity index (χ1v) is 13.7. The van der Waals surface area contributed by atoms with Crippen LogP contribution in [0.4, 0.5) is 5.95 Å². The van der Waals surface area contributed by atoms with Crippen LogP contribution in [-0.4, -0.2) is 33.1 Å². The molecule has 2 aromatic carbocycles. The number of fused-ring (bicyclic) bond motifs is 1. The van der Waals surface area contributed by atoms with Gasteiger partial charge in [0.05, 0.1) is 15.6 Å². The second-order valence-electron chi connectivity index (χ2n) is 8.42. The van der Waals surface area contributed by atoms with Gasteiger partial charge in [0.15, 0.2) is 0 Å². The fraction of sp³-hybridized carbons (Fsp3) is 0.296. The molecule has 1 unspecified atom stereocenters. The minimum Gasteiger partial charge on any atom is -0.489 e. The van der Waals surface area contributed by atoms with Crippen LogP contribution in [0.25, 0.3) is 0 Å². The van der Waals surface area contributed by atoms with Crippen molar-refractivity contribution in [1.82, 2.24) is 14.8 Å². The van der Waals surface area contributed by atoms with E-state index in [2.05, 4.69) is 23.8 Å². The molecule has 0 radical (unpaired) electrons. The second-order valence-corrected chi connectivity index (χ2v) is 10.3. The molecule has 0 amide bonds. The molecule has 0 saturated heterocycles. The monoisotopic (exact) mass is 558 g/mol. The normalized spacial score (nSPS) is 14.6. The number of nitrogens with one attached hydrogen (secondary N) is 1. The Labute approximate surface area is 230 Å². The number of esters is 1. The van der Waals surface area contributed by atoms with Gasteiger partial charge in [-0.3, -0.25) is 0 Å². The first kappa shape index (κ1) is 27.1. The number of aromatic nitrogens is 3. The average molecular weight is 560 g/mol. The van der Waals surface area contributed by atoms with Gasteiger partial charge in [-0.15, -0.1) is 5.10 Å². The van der Waals surface area contributed by atoms with E-state index in [1.165, 1.54) is 0 Å². The molecule has 0 saturated carbocycles. The van der Waals surface area contributed by atoms with Gasteiger partial charge in [0.25, 0.3) is 0 Å². The highest BCUT2D eigenvalue weighted by Gasteiger charge is 2.35. The molecule has 1 aromatic heterocycles. The first-order chi connectivity index (χ1) is 17.9. The van der Waals surface area contributed by atoms with E-state index in [9.17, 15) is 4.79 Å². The minimum absolute atomic E-state index is 0.117. The lowest BCUT2D eigenvalue weighted by molar-refractivity contribution is -0.138. The summed E-state index contributed by atoms with van der Waals surface area (Å²) in [6.07, 6.45) is 3.72. The average Bonchev–Trinajstić information content (AvgIpc) is 3.29. The molecule has 194 valence electrons. The number of ether oxygens (including phenoxy) is 2. The second kappa shape index (κ2) is 12.5. The Morgan fingerprint density at radius 1 is 1.22 bits per heavy atom. The SMILES string of the molecule is C=CCOC(=O)C1=C(C)Nc2nc(SCCCC)nn2C1c1ccc(OCc2ccc(Cl)c(Cl)c2)cc1. The third kappa shape index (κ3) is 6.50. The van der Waals surface area contributed by atoms with Gasteiger partial charge in [0, 0.05) is 11.4 Å². The Morgan fingerprint density at radius 3 is 2.70 bits per heavy atom. The smallest absolute Gasteiger partial charge is 0.338 e. The third-order valence-corrected chi connectivity index (χ3v) is 7.36. The number of unbranched alkanes of at least 4 members (excludes halogenated alkanes) is 1. The fourth-order valence-electron chi connectivity index (χ4n) is 3.83. The largest absolute Gasteiger partial charge is 0.489 e. The van der Waals surface area contributed by atoms with E-state index in [4.69, 9.17) is 37.8 Å². The van der Waals surface area contributed by atoms with Gasteiger partial charge in [-0.2, -0.15) is 4.98 Å². The number of rotatable bonds is 11. The number of benzene rings is 2. The van der Waals surface area contributed by atoms with E-state index in [-0.39, 0.29) is 6.61 Å². The van der Waals surface area contributed by atoms with Crippen LogP contribution in [0.2, 0.25) is 10.0 Å². The van der Waals surface area contributed by atoms with Crippen LogP contribution in [0.3, 0.4) is 0 Å². The molecule has 0 aliphatic carbocycles. The Hall–Kier alpha value is -2.94. The van der Waals surface area contributed by atoms with Crippen molar-refractivity contribution in [2.45, 2.75) is 44.5 Å². The van der Waals surface area contributed by atoms with Crippen LogP contribution >= 0.6 is 35.0 Å². The summed E-state index contributed by atoms with van der Waals surface area (Å²) in [5.41, 5.74) is 2.89. The predicted octanol–water partition coefficient (Wildman–Crippen LogP) is 7.07. The molecule has 37 heavy (non-hydrogen) atoms. The van der Waals surface area contributed by atoms with Crippen LogP contribution in [0.15, 0.2) is 71.5 Å². The van der Waals surface area contributed by atoms with Gasteiger partial charge in [0.1, 0.15) is 25.0 Å². The topological polar surface area (TPSA) is 78.3 Å². The zero-order chi connectivity index (χ0) is 26.4. The first-order valence-electron chi connectivity index (χ1n) is 11.9. The van der Waals surface area contributed by atoms with E-state index < -0.39 is 12.0 Å². The zero-order valence-corrected chi connectivity index (χ0v) is 23.0. The highest BCUT2D eigenvalue weighted by Crippen LogP contribution is 2.37. The Kier molecular flexibility index (Phi) is 9.18. The maximum atomic E-state index is 13.1. The van der Waals surface area contributed by atoms with Crippen molar-refractivity contribution in [2.24, 2.45) is 0 Å². The quantitative estimate of drug-likeness (QED) is 0.116. The van der Waals surface area contributed by atoms with Crippen LogP contribution in [0.1, 0.15) is 43.9 Å². The Morgan fingerprint density at radius 2 is 2.00 bits per heavy atom. The van der Waals surface area contributed by atoms with E-state index >= 15 is 0 Å². The molecule has 1 atom stereocenters. The Balaban J connectivity index is 1.60. The van der Waals surface area contributed by atoms with Crippen LogP contribution in [0, 0.1) is 0 Å². The minimum atomic E-state index is -0.509. The van der Waals surface area contributed by atoms with Gasteiger partial charge in [-0.25, -0.2) is 9.48 Å². The van der Waals surface area contributed by atoms with E-state index in [0.29, 0.717) is 44.8 Å². The molecule has 4 rings (SSSR count). The molecule has 2 heterocycles. The summed E-state index contributed by atoms with van der Waals surface area (Å²) in [5, 5.41) is 9.60. The van der Waals surface area contributed by atoms with Crippen molar-refractivity contribution >= 4 is 46.9 Å². The number of hydrogen-bond acceptors (Lipinski definition) is 7. The molecule has 10 heteroatoms. The molecule has 0 fully saturated rings.